The topological polar surface area (TPSA) is 95.4 Å². The predicted molar refractivity (Wildman–Crippen MR) is 123 cm³/mol. The van der Waals surface area contributed by atoms with Gasteiger partial charge in [-0.3, -0.25) is 0 Å². The van der Waals surface area contributed by atoms with Gasteiger partial charge in [0.25, 0.3) is 0 Å². The van der Waals surface area contributed by atoms with Gasteiger partial charge in [0, 0.05) is 29.9 Å². The van der Waals surface area contributed by atoms with Crippen molar-refractivity contribution in [1.29, 1.82) is 0 Å². The van der Waals surface area contributed by atoms with Crippen molar-refractivity contribution in [3.05, 3.63) is 18.5 Å². The third kappa shape index (κ3) is 3.99. The molecule has 2 heterocycles. The number of hydrogen-bond donors (Lipinski definition) is 2. The predicted octanol–water partition coefficient (Wildman–Crippen LogP) is 4.68. The van der Waals surface area contributed by atoms with Crippen molar-refractivity contribution in [1.82, 2.24) is 19.5 Å². The zero-order valence-electron chi connectivity index (χ0n) is 18.9. The van der Waals surface area contributed by atoms with Gasteiger partial charge in [-0.1, -0.05) is 19.3 Å². The van der Waals surface area contributed by atoms with Crippen LogP contribution in [-0.4, -0.2) is 46.9 Å². The number of hydrogen-bond acceptors (Lipinski definition) is 8. The van der Waals surface area contributed by atoms with Crippen LogP contribution in [0.25, 0.3) is 11.2 Å². The Balaban J connectivity index is 1.54. The molecular weight excluding hydrogens is 408 g/mol. The van der Waals surface area contributed by atoms with E-state index in [0.717, 1.165) is 48.4 Å². The highest BCUT2D eigenvalue weighted by molar-refractivity contribution is 5.85. The Morgan fingerprint density at radius 1 is 0.906 bits per heavy atom. The van der Waals surface area contributed by atoms with Gasteiger partial charge in [0.05, 0.1) is 27.7 Å². The van der Waals surface area contributed by atoms with E-state index in [4.69, 9.17) is 29.2 Å². The monoisotopic (exact) mass is 438 g/mol. The summed E-state index contributed by atoms with van der Waals surface area (Å²) in [6.45, 7) is 0. The van der Waals surface area contributed by atoms with E-state index >= 15 is 0 Å². The molecule has 0 atom stereocenters. The van der Waals surface area contributed by atoms with E-state index in [1.807, 2.05) is 18.5 Å². The van der Waals surface area contributed by atoms with Crippen LogP contribution >= 0.6 is 0 Å². The fourth-order valence-electron chi connectivity index (χ4n) is 4.40. The lowest BCUT2D eigenvalue weighted by molar-refractivity contribution is 0.324. The van der Waals surface area contributed by atoms with E-state index in [1.54, 1.807) is 21.3 Å². The van der Waals surface area contributed by atoms with E-state index in [0.29, 0.717) is 35.3 Å². The summed E-state index contributed by atoms with van der Waals surface area (Å²) in [5.74, 6) is 2.97. The number of ether oxygens (including phenoxy) is 3. The molecule has 0 aliphatic heterocycles. The number of nitrogens with one attached hydrogen (secondary N) is 2. The van der Waals surface area contributed by atoms with Gasteiger partial charge in [0.1, 0.15) is 0 Å². The molecule has 170 valence electrons. The average molecular weight is 439 g/mol. The molecule has 2 aliphatic rings. The largest absolute Gasteiger partial charge is 0.493 e. The van der Waals surface area contributed by atoms with Crippen LogP contribution in [0, 0.1) is 0 Å². The number of aromatic nitrogens is 4. The van der Waals surface area contributed by atoms with E-state index in [9.17, 15) is 0 Å². The molecule has 2 aliphatic carbocycles. The van der Waals surface area contributed by atoms with Crippen LogP contribution in [0.4, 0.5) is 17.5 Å². The molecular formula is C23H30N6O3. The van der Waals surface area contributed by atoms with Crippen molar-refractivity contribution in [2.24, 2.45) is 0 Å². The summed E-state index contributed by atoms with van der Waals surface area (Å²) in [6, 6.07) is 4.59. The first-order valence-corrected chi connectivity index (χ1v) is 11.3. The van der Waals surface area contributed by atoms with E-state index in [-0.39, 0.29) is 0 Å². The molecule has 1 aromatic carbocycles. The Morgan fingerprint density at radius 2 is 1.62 bits per heavy atom. The maximum atomic E-state index is 5.49. The molecule has 0 spiro atoms. The third-order valence-corrected chi connectivity index (χ3v) is 6.23. The molecule has 5 rings (SSSR count). The lowest BCUT2D eigenvalue weighted by Gasteiger charge is -2.23. The number of methoxy groups -OCH3 is 3. The van der Waals surface area contributed by atoms with Gasteiger partial charge < -0.3 is 29.4 Å². The maximum Gasteiger partial charge on any atom is 0.231 e. The number of fused-ring (bicyclic) bond motifs is 1. The maximum absolute atomic E-state index is 5.49. The Kier molecular flexibility index (Phi) is 5.63. The minimum Gasteiger partial charge on any atom is -0.493 e. The minimum atomic E-state index is 0.437. The molecule has 2 fully saturated rings. The van der Waals surface area contributed by atoms with Gasteiger partial charge in [-0.15, -0.1) is 0 Å². The molecule has 2 saturated carbocycles. The molecule has 0 saturated heterocycles. The first-order chi connectivity index (χ1) is 15.7. The summed E-state index contributed by atoms with van der Waals surface area (Å²) < 4.78 is 18.6. The Hall–Kier alpha value is -3.23. The zero-order valence-corrected chi connectivity index (χ0v) is 18.9. The van der Waals surface area contributed by atoms with Crippen molar-refractivity contribution in [3.63, 3.8) is 0 Å². The second kappa shape index (κ2) is 8.72. The van der Waals surface area contributed by atoms with Crippen LogP contribution < -0.4 is 24.8 Å². The standard InChI is InChI=1S/C23H30N6O3/c1-30-17-11-15(12-18(31-2)20(17)32-3)26-23-27-21(25-14-9-10-14)19-22(28-23)29(13-24-19)16-7-5-4-6-8-16/h11-14,16H,4-10H2,1-3H3,(H2,25,26,27,28). The van der Waals surface area contributed by atoms with E-state index in [1.165, 1.54) is 19.3 Å². The molecule has 9 heteroatoms. The van der Waals surface area contributed by atoms with Crippen LogP contribution in [0.5, 0.6) is 17.2 Å². The molecule has 0 radical (unpaired) electrons. The number of anilines is 3. The van der Waals surface area contributed by atoms with Crippen molar-refractivity contribution < 1.29 is 14.2 Å². The second-order valence-corrected chi connectivity index (χ2v) is 8.47. The van der Waals surface area contributed by atoms with Crippen LogP contribution in [0.1, 0.15) is 51.0 Å². The van der Waals surface area contributed by atoms with E-state index < -0.39 is 0 Å². The zero-order chi connectivity index (χ0) is 22.1. The summed E-state index contributed by atoms with van der Waals surface area (Å²) in [5, 5.41) is 6.86. The smallest absolute Gasteiger partial charge is 0.231 e. The average Bonchev–Trinajstić information content (AvgIpc) is 3.54. The van der Waals surface area contributed by atoms with Crippen LogP contribution in [0.2, 0.25) is 0 Å². The molecule has 2 aromatic heterocycles. The van der Waals surface area contributed by atoms with E-state index in [2.05, 4.69) is 15.2 Å². The van der Waals surface area contributed by atoms with Crippen molar-refractivity contribution >= 4 is 28.6 Å². The fraction of sp³-hybridized carbons (Fsp3) is 0.522. The van der Waals surface area contributed by atoms with Crippen LogP contribution in [0.3, 0.4) is 0 Å². The number of rotatable bonds is 8. The lowest BCUT2D eigenvalue weighted by atomic mass is 9.95. The molecule has 3 aromatic rings. The van der Waals surface area contributed by atoms with Gasteiger partial charge in [0.15, 0.2) is 28.5 Å². The first kappa shape index (κ1) is 20.7. The summed E-state index contributed by atoms with van der Waals surface area (Å²) in [4.78, 5) is 14.3. The highest BCUT2D eigenvalue weighted by Crippen LogP contribution is 2.41. The van der Waals surface area contributed by atoms with Gasteiger partial charge in [-0.2, -0.15) is 9.97 Å². The summed E-state index contributed by atoms with van der Waals surface area (Å²) in [6.07, 6.45) is 10.4. The third-order valence-electron chi connectivity index (χ3n) is 6.23. The number of imidazole rings is 1. The van der Waals surface area contributed by atoms with Crippen LogP contribution in [-0.2, 0) is 0 Å². The van der Waals surface area contributed by atoms with Crippen LogP contribution in [0.15, 0.2) is 18.5 Å². The Bertz CT molecular complexity index is 1080. The molecule has 2 N–H and O–H groups in total. The first-order valence-electron chi connectivity index (χ1n) is 11.3. The molecule has 0 unspecified atom stereocenters. The molecule has 9 nitrogen and oxygen atoms in total. The molecule has 32 heavy (non-hydrogen) atoms. The Morgan fingerprint density at radius 3 is 2.25 bits per heavy atom. The Labute approximate surface area is 187 Å². The quantitative estimate of drug-likeness (QED) is 0.524. The van der Waals surface area contributed by atoms with Crippen molar-refractivity contribution in [2.45, 2.75) is 57.0 Å². The minimum absolute atomic E-state index is 0.437. The summed E-state index contributed by atoms with van der Waals surface area (Å²) in [7, 11) is 4.79. The molecule has 0 bridgehead atoms. The highest BCUT2D eigenvalue weighted by atomic mass is 16.5. The fourth-order valence-corrected chi connectivity index (χ4v) is 4.40. The highest BCUT2D eigenvalue weighted by Gasteiger charge is 2.26. The van der Waals surface area contributed by atoms with Gasteiger partial charge in [-0.05, 0) is 25.7 Å². The number of nitrogens with zero attached hydrogens (tertiary/aromatic N) is 4. The number of benzene rings is 1. The van der Waals surface area contributed by atoms with Gasteiger partial charge in [0.2, 0.25) is 11.7 Å². The van der Waals surface area contributed by atoms with Crippen molar-refractivity contribution in [2.75, 3.05) is 32.0 Å². The van der Waals surface area contributed by atoms with Crippen molar-refractivity contribution in [3.8, 4) is 17.2 Å². The summed E-state index contributed by atoms with van der Waals surface area (Å²) in [5.41, 5.74) is 2.45. The lowest BCUT2D eigenvalue weighted by Crippen LogP contribution is -2.13. The summed E-state index contributed by atoms with van der Waals surface area (Å²) >= 11 is 0. The van der Waals surface area contributed by atoms with Gasteiger partial charge in [-0.25, -0.2) is 4.98 Å². The normalized spacial score (nSPS) is 16.7. The molecule has 0 amide bonds. The SMILES string of the molecule is COc1cc(Nc2nc(NC3CC3)c3ncn(C4CCCCC4)c3n2)cc(OC)c1OC. The van der Waals surface area contributed by atoms with Gasteiger partial charge >= 0.3 is 0 Å². The second-order valence-electron chi connectivity index (χ2n) is 8.47.